The Balaban J connectivity index is 2.20. The van der Waals surface area contributed by atoms with Crippen LogP contribution in [0.2, 0.25) is 0 Å². The molecular weight excluding hydrogens is 286 g/mol. The van der Waals surface area contributed by atoms with Gasteiger partial charge >= 0.3 is 5.97 Å². The molecule has 2 heterocycles. The van der Waals surface area contributed by atoms with E-state index >= 15 is 0 Å². The molecule has 2 N–H and O–H groups in total. The molecule has 0 aliphatic carbocycles. The van der Waals surface area contributed by atoms with E-state index < -0.39 is 11.9 Å². The maximum absolute atomic E-state index is 12.4. The largest absolute Gasteiger partial charge is 0.480 e. The average Bonchev–Trinajstić information content (AvgIpc) is 3.04. The predicted molar refractivity (Wildman–Crippen MR) is 79.4 cm³/mol. The van der Waals surface area contributed by atoms with E-state index in [0.717, 1.165) is 5.76 Å². The zero-order valence-electron chi connectivity index (χ0n) is 12.8. The van der Waals surface area contributed by atoms with Gasteiger partial charge in [0.15, 0.2) is 11.5 Å². The van der Waals surface area contributed by atoms with Gasteiger partial charge in [0.25, 0.3) is 5.91 Å². The van der Waals surface area contributed by atoms with E-state index in [-0.39, 0.29) is 18.2 Å². The van der Waals surface area contributed by atoms with Gasteiger partial charge in [0, 0.05) is 12.6 Å². The molecule has 7 heteroatoms. The molecule has 0 unspecified atom stereocenters. The maximum Gasteiger partial charge on any atom is 0.323 e. The summed E-state index contributed by atoms with van der Waals surface area (Å²) in [5.41, 5.74) is 0.752. The van der Waals surface area contributed by atoms with Crippen LogP contribution in [0.1, 0.15) is 30.1 Å². The fourth-order valence-corrected chi connectivity index (χ4v) is 2.12. The minimum absolute atomic E-state index is 0.162. The Kier molecular flexibility index (Phi) is 4.65. The number of carbonyl (C=O) groups is 2. The van der Waals surface area contributed by atoms with Crippen molar-refractivity contribution in [3.8, 4) is 11.5 Å². The number of carboxylic acids is 1. The monoisotopic (exact) mass is 305 g/mol. The van der Waals surface area contributed by atoms with Gasteiger partial charge in [-0.2, -0.15) is 5.10 Å². The van der Waals surface area contributed by atoms with Gasteiger partial charge in [0.05, 0.1) is 0 Å². The molecule has 0 aliphatic rings. The van der Waals surface area contributed by atoms with Crippen molar-refractivity contribution >= 4 is 11.9 Å². The van der Waals surface area contributed by atoms with Crippen LogP contribution in [0.25, 0.3) is 11.5 Å². The molecule has 0 aliphatic heterocycles. The van der Waals surface area contributed by atoms with Gasteiger partial charge in [-0.1, -0.05) is 13.8 Å². The predicted octanol–water partition coefficient (Wildman–Crippen LogP) is 2.16. The van der Waals surface area contributed by atoms with Crippen molar-refractivity contribution in [1.29, 1.82) is 0 Å². The summed E-state index contributed by atoms with van der Waals surface area (Å²) in [4.78, 5) is 24.6. The molecular formula is C15H19N3O4. The molecule has 0 bridgehead atoms. The van der Waals surface area contributed by atoms with Crippen LogP contribution in [0, 0.1) is 12.8 Å². The second kappa shape index (κ2) is 6.46. The highest BCUT2D eigenvalue weighted by Gasteiger charge is 2.22. The Morgan fingerprint density at radius 3 is 2.68 bits per heavy atom. The quantitative estimate of drug-likeness (QED) is 0.852. The SMILES string of the molecule is Cc1ccc(-c2cc(C(=O)N(CC(=O)O)CC(C)C)n[nH]2)o1. The first kappa shape index (κ1) is 15.8. The number of furan rings is 1. The molecule has 0 spiro atoms. The third kappa shape index (κ3) is 3.75. The number of H-pyrrole nitrogens is 1. The number of nitrogens with one attached hydrogen (secondary N) is 1. The molecule has 0 aromatic carbocycles. The molecule has 118 valence electrons. The minimum atomic E-state index is -1.05. The number of hydrogen-bond donors (Lipinski definition) is 2. The summed E-state index contributed by atoms with van der Waals surface area (Å²) in [5.74, 6) is 0.0326. The number of aromatic nitrogens is 2. The number of carbonyl (C=O) groups excluding carboxylic acids is 1. The molecule has 2 rings (SSSR count). The van der Waals surface area contributed by atoms with Gasteiger partial charge in [-0.25, -0.2) is 0 Å². The van der Waals surface area contributed by atoms with E-state index in [0.29, 0.717) is 18.0 Å². The number of aryl methyl sites for hydroxylation is 1. The molecule has 0 saturated carbocycles. The zero-order valence-corrected chi connectivity index (χ0v) is 12.8. The van der Waals surface area contributed by atoms with E-state index in [9.17, 15) is 9.59 Å². The third-order valence-electron chi connectivity index (χ3n) is 3.00. The van der Waals surface area contributed by atoms with Gasteiger partial charge in [-0.15, -0.1) is 0 Å². The number of amides is 1. The van der Waals surface area contributed by atoms with Crippen LogP contribution in [0.5, 0.6) is 0 Å². The second-order valence-corrected chi connectivity index (χ2v) is 5.55. The highest BCUT2D eigenvalue weighted by Crippen LogP contribution is 2.21. The fourth-order valence-electron chi connectivity index (χ4n) is 2.12. The first-order valence-corrected chi connectivity index (χ1v) is 7.00. The van der Waals surface area contributed by atoms with Crippen molar-refractivity contribution in [3.63, 3.8) is 0 Å². The van der Waals surface area contributed by atoms with Crippen molar-refractivity contribution in [2.75, 3.05) is 13.1 Å². The highest BCUT2D eigenvalue weighted by atomic mass is 16.4. The first-order valence-electron chi connectivity index (χ1n) is 7.00. The van der Waals surface area contributed by atoms with Gasteiger partial charge in [-0.05, 0) is 25.0 Å². The molecule has 0 atom stereocenters. The van der Waals surface area contributed by atoms with Crippen molar-refractivity contribution in [2.24, 2.45) is 5.92 Å². The van der Waals surface area contributed by atoms with Gasteiger partial charge in [-0.3, -0.25) is 14.7 Å². The maximum atomic E-state index is 12.4. The van der Waals surface area contributed by atoms with E-state index in [1.54, 1.807) is 12.1 Å². The minimum Gasteiger partial charge on any atom is -0.480 e. The summed E-state index contributed by atoms with van der Waals surface area (Å²) in [6.07, 6.45) is 0. The topological polar surface area (TPSA) is 99.4 Å². The molecule has 0 saturated heterocycles. The summed E-state index contributed by atoms with van der Waals surface area (Å²) in [5, 5.41) is 15.6. The lowest BCUT2D eigenvalue weighted by Gasteiger charge is -2.21. The molecule has 0 fully saturated rings. The fraction of sp³-hybridized carbons (Fsp3) is 0.400. The molecule has 22 heavy (non-hydrogen) atoms. The number of aliphatic carboxylic acids is 1. The molecule has 2 aromatic rings. The summed E-state index contributed by atoms with van der Waals surface area (Å²) in [6.45, 7) is 5.67. The summed E-state index contributed by atoms with van der Waals surface area (Å²) in [6, 6.07) is 5.16. The van der Waals surface area contributed by atoms with Gasteiger partial charge < -0.3 is 14.4 Å². The van der Waals surface area contributed by atoms with Gasteiger partial charge in [0.2, 0.25) is 0 Å². The van der Waals surface area contributed by atoms with E-state index in [1.807, 2.05) is 26.8 Å². The summed E-state index contributed by atoms with van der Waals surface area (Å²) in [7, 11) is 0. The number of aromatic amines is 1. The van der Waals surface area contributed by atoms with Gasteiger partial charge in [0.1, 0.15) is 18.0 Å². The van der Waals surface area contributed by atoms with Crippen molar-refractivity contribution in [1.82, 2.24) is 15.1 Å². The Bertz CT molecular complexity index is 672. The lowest BCUT2D eigenvalue weighted by atomic mass is 10.2. The van der Waals surface area contributed by atoms with Crippen LogP contribution in [0.4, 0.5) is 0 Å². The highest BCUT2D eigenvalue weighted by molar-refractivity contribution is 5.95. The lowest BCUT2D eigenvalue weighted by molar-refractivity contribution is -0.137. The van der Waals surface area contributed by atoms with Crippen LogP contribution < -0.4 is 0 Å². The number of rotatable bonds is 6. The normalized spacial score (nSPS) is 10.9. The molecule has 1 amide bonds. The van der Waals surface area contributed by atoms with E-state index in [4.69, 9.17) is 9.52 Å². The second-order valence-electron chi connectivity index (χ2n) is 5.55. The number of nitrogens with zero attached hydrogens (tertiary/aromatic N) is 2. The molecule has 0 radical (unpaired) electrons. The summed E-state index contributed by atoms with van der Waals surface area (Å²) < 4.78 is 5.46. The summed E-state index contributed by atoms with van der Waals surface area (Å²) >= 11 is 0. The molecule has 2 aromatic heterocycles. The molecule has 7 nitrogen and oxygen atoms in total. The smallest absolute Gasteiger partial charge is 0.323 e. The van der Waals surface area contributed by atoms with Crippen LogP contribution in [-0.4, -0.2) is 45.2 Å². The average molecular weight is 305 g/mol. The third-order valence-corrected chi connectivity index (χ3v) is 3.00. The first-order chi connectivity index (χ1) is 10.4. The number of carboxylic acid groups (broad SMARTS) is 1. The lowest BCUT2D eigenvalue weighted by Crippen LogP contribution is -2.38. The number of hydrogen-bond acceptors (Lipinski definition) is 4. The Hall–Kier alpha value is -2.57. The van der Waals surface area contributed by atoms with Crippen molar-refractivity contribution < 1.29 is 19.1 Å². The van der Waals surface area contributed by atoms with E-state index in [2.05, 4.69) is 10.2 Å². The van der Waals surface area contributed by atoms with Crippen LogP contribution >= 0.6 is 0 Å². The standard InChI is InChI=1S/C15H19N3O4/c1-9(2)7-18(8-14(19)20)15(21)12-6-11(16-17-12)13-5-4-10(3)22-13/h4-6,9H,7-8H2,1-3H3,(H,16,17)(H,19,20). The van der Waals surface area contributed by atoms with Crippen LogP contribution in [0.3, 0.4) is 0 Å². The Labute approximate surface area is 127 Å². The Morgan fingerprint density at radius 1 is 1.41 bits per heavy atom. The van der Waals surface area contributed by atoms with E-state index in [1.165, 1.54) is 4.90 Å². The van der Waals surface area contributed by atoms with Crippen LogP contribution in [-0.2, 0) is 4.79 Å². The van der Waals surface area contributed by atoms with Crippen molar-refractivity contribution in [3.05, 3.63) is 29.7 Å². The Morgan fingerprint density at radius 2 is 2.14 bits per heavy atom. The van der Waals surface area contributed by atoms with Crippen molar-refractivity contribution in [2.45, 2.75) is 20.8 Å². The van der Waals surface area contributed by atoms with Crippen LogP contribution in [0.15, 0.2) is 22.6 Å². The zero-order chi connectivity index (χ0) is 16.3.